The Morgan fingerprint density at radius 1 is 1.67 bits per heavy atom. The highest BCUT2D eigenvalue weighted by Crippen LogP contribution is 2.15. The van der Waals surface area contributed by atoms with E-state index in [0.717, 1.165) is 6.42 Å². The summed E-state index contributed by atoms with van der Waals surface area (Å²) in [4.78, 5) is 15.7. The van der Waals surface area contributed by atoms with E-state index in [2.05, 4.69) is 10.3 Å². The summed E-state index contributed by atoms with van der Waals surface area (Å²) < 4.78 is 5.06. The van der Waals surface area contributed by atoms with Gasteiger partial charge in [-0.1, -0.05) is 6.92 Å². The van der Waals surface area contributed by atoms with Crippen LogP contribution in [0.4, 0.5) is 0 Å². The SMILES string of the molecule is CCC(C)NC(=O)c1ccncc1OC. The molecule has 1 N–H and O–H groups in total. The van der Waals surface area contributed by atoms with Crippen molar-refractivity contribution in [3.05, 3.63) is 24.0 Å². The Balaban J connectivity index is 2.81. The Hall–Kier alpha value is -1.58. The van der Waals surface area contributed by atoms with Gasteiger partial charge in [0.1, 0.15) is 5.75 Å². The summed E-state index contributed by atoms with van der Waals surface area (Å²) in [5.41, 5.74) is 0.521. The lowest BCUT2D eigenvalue weighted by Gasteiger charge is -2.12. The molecule has 0 aliphatic carbocycles. The number of nitrogens with one attached hydrogen (secondary N) is 1. The number of methoxy groups -OCH3 is 1. The van der Waals surface area contributed by atoms with Crippen molar-refractivity contribution in [1.82, 2.24) is 10.3 Å². The third kappa shape index (κ3) is 2.94. The van der Waals surface area contributed by atoms with E-state index in [1.807, 2.05) is 13.8 Å². The number of aromatic nitrogens is 1. The second-order valence-corrected chi connectivity index (χ2v) is 3.36. The number of pyridine rings is 1. The first-order chi connectivity index (χ1) is 7.19. The number of ether oxygens (including phenoxy) is 1. The summed E-state index contributed by atoms with van der Waals surface area (Å²) in [5.74, 6) is 0.377. The maximum Gasteiger partial charge on any atom is 0.255 e. The van der Waals surface area contributed by atoms with Crippen molar-refractivity contribution in [1.29, 1.82) is 0 Å². The Bertz CT molecular complexity index is 339. The van der Waals surface area contributed by atoms with Gasteiger partial charge >= 0.3 is 0 Å². The smallest absolute Gasteiger partial charge is 0.255 e. The minimum Gasteiger partial charge on any atom is -0.494 e. The molecule has 0 aliphatic rings. The summed E-state index contributed by atoms with van der Waals surface area (Å²) in [5, 5.41) is 2.87. The molecule has 0 spiro atoms. The molecule has 1 amide bonds. The van der Waals surface area contributed by atoms with E-state index < -0.39 is 0 Å². The lowest BCUT2D eigenvalue weighted by Crippen LogP contribution is -2.32. The second-order valence-electron chi connectivity index (χ2n) is 3.36. The molecule has 0 saturated heterocycles. The quantitative estimate of drug-likeness (QED) is 0.818. The maximum atomic E-state index is 11.8. The topological polar surface area (TPSA) is 51.2 Å². The van der Waals surface area contributed by atoms with Crippen LogP contribution in [0.15, 0.2) is 18.5 Å². The van der Waals surface area contributed by atoms with Gasteiger partial charge in [0, 0.05) is 12.2 Å². The maximum absolute atomic E-state index is 11.8. The Kier molecular flexibility index (Phi) is 4.09. The number of hydrogen-bond acceptors (Lipinski definition) is 3. The summed E-state index contributed by atoms with van der Waals surface area (Å²) >= 11 is 0. The fraction of sp³-hybridized carbons (Fsp3) is 0.455. The van der Waals surface area contributed by atoms with Gasteiger partial charge in [-0.25, -0.2) is 0 Å². The van der Waals surface area contributed by atoms with Gasteiger partial charge in [0.15, 0.2) is 0 Å². The van der Waals surface area contributed by atoms with Crippen LogP contribution in [-0.2, 0) is 0 Å². The molecule has 1 aromatic heterocycles. The van der Waals surface area contributed by atoms with Crippen LogP contribution >= 0.6 is 0 Å². The van der Waals surface area contributed by atoms with Crippen molar-refractivity contribution in [3.8, 4) is 5.75 Å². The number of amides is 1. The lowest BCUT2D eigenvalue weighted by atomic mass is 10.2. The first-order valence-corrected chi connectivity index (χ1v) is 4.97. The molecule has 1 atom stereocenters. The highest BCUT2D eigenvalue weighted by Gasteiger charge is 2.13. The van der Waals surface area contributed by atoms with E-state index in [4.69, 9.17) is 4.74 Å². The van der Waals surface area contributed by atoms with E-state index >= 15 is 0 Å². The minimum absolute atomic E-state index is 0.122. The largest absolute Gasteiger partial charge is 0.494 e. The predicted molar refractivity (Wildman–Crippen MR) is 58.0 cm³/mol. The van der Waals surface area contributed by atoms with Crippen molar-refractivity contribution < 1.29 is 9.53 Å². The van der Waals surface area contributed by atoms with Gasteiger partial charge in [0.05, 0.1) is 18.9 Å². The number of carbonyl (C=O) groups is 1. The van der Waals surface area contributed by atoms with Crippen molar-refractivity contribution in [2.45, 2.75) is 26.3 Å². The Morgan fingerprint density at radius 2 is 2.40 bits per heavy atom. The highest BCUT2D eigenvalue weighted by molar-refractivity contribution is 5.96. The van der Waals surface area contributed by atoms with Gasteiger partial charge in [-0.3, -0.25) is 9.78 Å². The molecule has 1 heterocycles. The van der Waals surface area contributed by atoms with E-state index in [1.165, 1.54) is 13.3 Å². The number of nitrogens with zero attached hydrogens (tertiary/aromatic N) is 1. The van der Waals surface area contributed by atoms with E-state index in [9.17, 15) is 4.79 Å². The van der Waals surface area contributed by atoms with E-state index in [0.29, 0.717) is 11.3 Å². The van der Waals surface area contributed by atoms with Gasteiger partial charge in [0.25, 0.3) is 5.91 Å². The summed E-state index contributed by atoms with van der Waals surface area (Å²) in [6, 6.07) is 1.81. The zero-order valence-corrected chi connectivity index (χ0v) is 9.28. The number of carbonyl (C=O) groups excluding carboxylic acids is 1. The minimum atomic E-state index is -0.122. The van der Waals surface area contributed by atoms with Crippen LogP contribution in [0.2, 0.25) is 0 Å². The summed E-state index contributed by atoms with van der Waals surface area (Å²) in [6.45, 7) is 3.99. The molecule has 15 heavy (non-hydrogen) atoms. The Morgan fingerprint density at radius 3 is 3.00 bits per heavy atom. The van der Waals surface area contributed by atoms with Crippen molar-refractivity contribution in [2.24, 2.45) is 0 Å². The molecule has 1 aromatic rings. The molecular formula is C11H16N2O2. The molecule has 0 fully saturated rings. The standard InChI is InChI=1S/C11H16N2O2/c1-4-8(2)13-11(14)9-5-6-12-7-10(9)15-3/h5-8H,4H2,1-3H3,(H,13,14). The van der Waals surface area contributed by atoms with Crippen molar-refractivity contribution >= 4 is 5.91 Å². The van der Waals surface area contributed by atoms with Crippen LogP contribution < -0.4 is 10.1 Å². The van der Waals surface area contributed by atoms with Gasteiger partial charge in [0.2, 0.25) is 0 Å². The zero-order valence-electron chi connectivity index (χ0n) is 9.28. The summed E-state index contributed by atoms with van der Waals surface area (Å²) in [6.07, 6.45) is 4.01. The molecule has 0 aliphatic heterocycles. The van der Waals surface area contributed by atoms with E-state index in [1.54, 1.807) is 12.3 Å². The average Bonchev–Trinajstić information content (AvgIpc) is 2.28. The fourth-order valence-corrected chi connectivity index (χ4v) is 1.13. The predicted octanol–water partition coefficient (Wildman–Crippen LogP) is 1.62. The van der Waals surface area contributed by atoms with Crippen LogP contribution in [-0.4, -0.2) is 24.0 Å². The monoisotopic (exact) mass is 208 g/mol. The molecule has 1 unspecified atom stereocenters. The first kappa shape index (κ1) is 11.5. The highest BCUT2D eigenvalue weighted by atomic mass is 16.5. The first-order valence-electron chi connectivity index (χ1n) is 4.97. The number of rotatable bonds is 4. The van der Waals surface area contributed by atoms with Crippen LogP contribution in [0.5, 0.6) is 5.75 Å². The zero-order chi connectivity index (χ0) is 11.3. The lowest BCUT2D eigenvalue weighted by molar-refractivity contribution is 0.0936. The van der Waals surface area contributed by atoms with Crippen molar-refractivity contribution in [2.75, 3.05) is 7.11 Å². The van der Waals surface area contributed by atoms with Crippen LogP contribution in [0.25, 0.3) is 0 Å². The molecule has 1 rings (SSSR count). The molecular weight excluding hydrogens is 192 g/mol. The Labute approximate surface area is 89.7 Å². The van der Waals surface area contributed by atoms with Crippen molar-refractivity contribution in [3.63, 3.8) is 0 Å². The normalized spacial score (nSPS) is 11.9. The van der Waals surface area contributed by atoms with Gasteiger partial charge in [-0.05, 0) is 19.4 Å². The van der Waals surface area contributed by atoms with Crippen LogP contribution in [0, 0.1) is 0 Å². The third-order valence-corrected chi connectivity index (χ3v) is 2.24. The molecule has 82 valence electrons. The molecule has 4 heteroatoms. The molecule has 0 saturated carbocycles. The third-order valence-electron chi connectivity index (χ3n) is 2.24. The molecule has 0 bridgehead atoms. The van der Waals surface area contributed by atoms with Crippen LogP contribution in [0.1, 0.15) is 30.6 Å². The second kappa shape index (κ2) is 5.34. The van der Waals surface area contributed by atoms with Gasteiger partial charge < -0.3 is 10.1 Å². The molecule has 0 aromatic carbocycles. The van der Waals surface area contributed by atoms with Gasteiger partial charge in [-0.15, -0.1) is 0 Å². The molecule has 4 nitrogen and oxygen atoms in total. The van der Waals surface area contributed by atoms with Crippen LogP contribution in [0.3, 0.4) is 0 Å². The molecule has 0 radical (unpaired) electrons. The summed E-state index contributed by atoms with van der Waals surface area (Å²) in [7, 11) is 1.52. The van der Waals surface area contributed by atoms with E-state index in [-0.39, 0.29) is 11.9 Å². The fourth-order valence-electron chi connectivity index (χ4n) is 1.13. The number of hydrogen-bond donors (Lipinski definition) is 1. The van der Waals surface area contributed by atoms with Gasteiger partial charge in [-0.2, -0.15) is 0 Å². The average molecular weight is 208 g/mol.